The van der Waals surface area contributed by atoms with Crippen LogP contribution in [0.25, 0.3) is 0 Å². The monoisotopic (exact) mass is 378 g/mol. The molecule has 2 aromatic rings. The van der Waals surface area contributed by atoms with Crippen molar-refractivity contribution in [3.8, 4) is 5.75 Å². The smallest absolute Gasteiger partial charge is 0.331 e. The summed E-state index contributed by atoms with van der Waals surface area (Å²) in [7, 11) is 0. The minimum atomic E-state index is -1.07. The molecule has 3 amide bonds. The fourth-order valence-electron chi connectivity index (χ4n) is 4.34. The second-order valence-corrected chi connectivity index (χ2v) is 7.59. The van der Waals surface area contributed by atoms with Crippen LogP contribution < -0.4 is 10.1 Å². The van der Waals surface area contributed by atoms with E-state index in [1.165, 1.54) is 0 Å². The molecule has 2 aliphatic rings. The summed E-state index contributed by atoms with van der Waals surface area (Å²) in [6.07, 6.45) is 1.21. The Bertz CT molecular complexity index is 990. The SMILES string of the molecule is Cc1cc(C)c(OC(=O)CN2C(=O)NC3(CCc4ccccc43)C2=O)c(C)c1. The first kappa shape index (κ1) is 18.2. The van der Waals surface area contributed by atoms with Crippen LogP contribution in [-0.4, -0.2) is 29.4 Å². The van der Waals surface area contributed by atoms with Crippen molar-refractivity contribution in [3.05, 3.63) is 64.2 Å². The molecule has 144 valence electrons. The molecule has 0 saturated carbocycles. The minimum absolute atomic E-state index is 0.392. The molecule has 6 nitrogen and oxygen atoms in total. The zero-order valence-electron chi connectivity index (χ0n) is 16.2. The summed E-state index contributed by atoms with van der Waals surface area (Å²) in [6, 6.07) is 10.9. The van der Waals surface area contributed by atoms with Gasteiger partial charge in [-0.25, -0.2) is 9.59 Å². The second-order valence-electron chi connectivity index (χ2n) is 7.59. The first-order chi connectivity index (χ1) is 13.3. The van der Waals surface area contributed by atoms with Crippen molar-refractivity contribution in [3.63, 3.8) is 0 Å². The molecule has 2 aromatic carbocycles. The Morgan fingerprint density at radius 3 is 2.54 bits per heavy atom. The number of imide groups is 1. The maximum atomic E-state index is 13.1. The van der Waals surface area contributed by atoms with E-state index in [0.29, 0.717) is 18.6 Å². The van der Waals surface area contributed by atoms with Crippen LogP contribution in [0.3, 0.4) is 0 Å². The standard InChI is InChI=1S/C22H22N2O4/c1-13-10-14(2)19(15(3)11-13)28-18(25)12-24-20(26)22(23-21(24)27)9-8-16-6-4-5-7-17(16)22/h4-7,10-11H,8-9,12H2,1-3H3,(H,23,27). The zero-order chi connectivity index (χ0) is 20.1. The number of carbonyl (C=O) groups excluding carboxylic acids is 3. The van der Waals surface area contributed by atoms with E-state index < -0.39 is 30.0 Å². The van der Waals surface area contributed by atoms with E-state index in [-0.39, 0.29) is 0 Å². The van der Waals surface area contributed by atoms with Crippen LogP contribution in [0.15, 0.2) is 36.4 Å². The van der Waals surface area contributed by atoms with E-state index in [9.17, 15) is 14.4 Å². The fourth-order valence-corrected chi connectivity index (χ4v) is 4.34. The van der Waals surface area contributed by atoms with E-state index in [4.69, 9.17) is 4.74 Å². The average molecular weight is 378 g/mol. The number of hydrogen-bond acceptors (Lipinski definition) is 4. The van der Waals surface area contributed by atoms with Gasteiger partial charge in [0.15, 0.2) is 0 Å². The zero-order valence-corrected chi connectivity index (χ0v) is 16.2. The predicted molar refractivity (Wildman–Crippen MR) is 103 cm³/mol. The van der Waals surface area contributed by atoms with Crippen LogP contribution in [-0.2, 0) is 21.5 Å². The molecule has 1 N–H and O–H groups in total. The van der Waals surface area contributed by atoms with Crippen molar-refractivity contribution in [2.75, 3.05) is 6.54 Å². The number of benzene rings is 2. The Balaban J connectivity index is 1.54. The summed E-state index contributed by atoms with van der Waals surface area (Å²) in [5, 5.41) is 2.81. The molecule has 1 aliphatic carbocycles. The Morgan fingerprint density at radius 2 is 1.82 bits per heavy atom. The van der Waals surface area contributed by atoms with E-state index >= 15 is 0 Å². The highest BCUT2D eigenvalue weighted by molar-refractivity contribution is 6.09. The van der Waals surface area contributed by atoms with Gasteiger partial charge in [0.05, 0.1) is 0 Å². The average Bonchev–Trinajstić information content (AvgIpc) is 3.12. The predicted octanol–water partition coefficient (Wildman–Crippen LogP) is 2.91. The lowest BCUT2D eigenvalue weighted by Crippen LogP contribution is -2.42. The molecule has 0 aromatic heterocycles. The lowest BCUT2D eigenvalue weighted by molar-refractivity contribution is -0.141. The van der Waals surface area contributed by atoms with Crippen molar-refractivity contribution in [2.45, 2.75) is 39.2 Å². The first-order valence-electron chi connectivity index (χ1n) is 9.33. The summed E-state index contributed by atoms with van der Waals surface area (Å²) in [5.41, 5.74) is 3.55. The van der Waals surface area contributed by atoms with Crippen LogP contribution in [0.5, 0.6) is 5.75 Å². The highest BCUT2D eigenvalue weighted by Crippen LogP contribution is 2.41. The van der Waals surface area contributed by atoms with Crippen LogP contribution in [0, 0.1) is 20.8 Å². The molecule has 28 heavy (non-hydrogen) atoms. The Morgan fingerprint density at radius 1 is 1.14 bits per heavy atom. The normalized spacial score (nSPS) is 20.5. The lowest BCUT2D eigenvalue weighted by Gasteiger charge is -2.22. The number of amides is 3. The van der Waals surface area contributed by atoms with Crippen LogP contribution in [0.1, 0.15) is 34.2 Å². The van der Waals surface area contributed by atoms with Crippen LogP contribution in [0.2, 0.25) is 0 Å². The maximum absolute atomic E-state index is 13.1. The molecule has 0 bridgehead atoms. The van der Waals surface area contributed by atoms with Gasteiger partial charge >= 0.3 is 12.0 Å². The molecule has 1 atom stereocenters. The molecule has 1 heterocycles. The third kappa shape index (κ3) is 2.76. The fraction of sp³-hybridized carbons (Fsp3) is 0.318. The van der Waals surface area contributed by atoms with Gasteiger partial charge in [0.2, 0.25) is 0 Å². The summed E-state index contributed by atoms with van der Waals surface area (Å²) < 4.78 is 5.50. The molecule has 6 heteroatoms. The Kier molecular flexibility index (Phi) is 4.22. The van der Waals surface area contributed by atoms with Crippen molar-refractivity contribution < 1.29 is 19.1 Å². The van der Waals surface area contributed by atoms with E-state index in [1.54, 1.807) is 0 Å². The molecule has 1 unspecified atom stereocenters. The highest BCUT2D eigenvalue weighted by atomic mass is 16.5. The van der Waals surface area contributed by atoms with E-state index in [1.807, 2.05) is 57.2 Å². The molecule has 1 spiro atoms. The van der Waals surface area contributed by atoms with Gasteiger partial charge in [-0.15, -0.1) is 0 Å². The Labute approximate surface area is 163 Å². The number of carbonyl (C=O) groups is 3. The van der Waals surface area contributed by atoms with Gasteiger partial charge in [0, 0.05) is 0 Å². The Hall–Kier alpha value is -3.15. The third-order valence-electron chi connectivity index (χ3n) is 5.53. The van der Waals surface area contributed by atoms with Gasteiger partial charge < -0.3 is 10.1 Å². The van der Waals surface area contributed by atoms with Crippen molar-refractivity contribution in [2.24, 2.45) is 0 Å². The summed E-state index contributed by atoms with van der Waals surface area (Å²) >= 11 is 0. The van der Waals surface area contributed by atoms with Gasteiger partial charge in [-0.3, -0.25) is 9.69 Å². The largest absolute Gasteiger partial charge is 0.425 e. The number of ether oxygens (including phenoxy) is 1. The van der Waals surface area contributed by atoms with E-state index in [0.717, 1.165) is 32.7 Å². The van der Waals surface area contributed by atoms with Gasteiger partial charge in [-0.2, -0.15) is 0 Å². The minimum Gasteiger partial charge on any atom is -0.425 e. The number of esters is 1. The van der Waals surface area contributed by atoms with Gasteiger partial charge in [0.25, 0.3) is 5.91 Å². The van der Waals surface area contributed by atoms with Crippen molar-refractivity contribution in [1.29, 1.82) is 0 Å². The number of nitrogens with zero attached hydrogens (tertiary/aromatic N) is 1. The molecular weight excluding hydrogens is 356 g/mol. The molecule has 1 saturated heterocycles. The second kappa shape index (κ2) is 6.48. The summed E-state index contributed by atoms with van der Waals surface area (Å²) in [4.78, 5) is 39.1. The molecule has 4 rings (SSSR count). The number of nitrogens with one attached hydrogen (secondary N) is 1. The van der Waals surface area contributed by atoms with Crippen molar-refractivity contribution >= 4 is 17.9 Å². The van der Waals surface area contributed by atoms with Gasteiger partial charge in [0.1, 0.15) is 17.8 Å². The number of hydrogen-bond donors (Lipinski definition) is 1. The van der Waals surface area contributed by atoms with Gasteiger partial charge in [-0.1, -0.05) is 42.0 Å². The van der Waals surface area contributed by atoms with Crippen LogP contribution in [0.4, 0.5) is 4.79 Å². The summed E-state index contributed by atoms with van der Waals surface area (Å²) in [6.45, 7) is 5.28. The van der Waals surface area contributed by atoms with Crippen LogP contribution >= 0.6 is 0 Å². The third-order valence-corrected chi connectivity index (χ3v) is 5.53. The van der Waals surface area contributed by atoms with Gasteiger partial charge in [-0.05, 0) is 55.9 Å². The summed E-state index contributed by atoms with van der Waals surface area (Å²) in [5.74, 6) is -0.554. The number of urea groups is 1. The topological polar surface area (TPSA) is 75.7 Å². The molecule has 0 radical (unpaired) electrons. The highest BCUT2D eigenvalue weighted by Gasteiger charge is 2.55. The molecule has 1 fully saturated rings. The quantitative estimate of drug-likeness (QED) is 0.506. The number of rotatable bonds is 3. The maximum Gasteiger partial charge on any atom is 0.331 e. The molecular formula is C22H22N2O4. The van der Waals surface area contributed by atoms with E-state index in [2.05, 4.69) is 5.32 Å². The lowest BCUT2D eigenvalue weighted by atomic mass is 9.92. The molecule has 1 aliphatic heterocycles. The first-order valence-corrected chi connectivity index (χ1v) is 9.33. The van der Waals surface area contributed by atoms with Crippen molar-refractivity contribution in [1.82, 2.24) is 10.2 Å². The number of aryl methyl sites for hydroxylation is 4. The number of fused-ring (bicyclic) bond motifs is 2.